The van der Waals surface area contributed by atoms with Gasteiger partial charge in [0.2, 0.25) is 0 Å². The van der Waals surface area contributed by atoms with Gasteiger partial charge in [0.25, 0.3) is 0 Å². The Kier molecular flexibility index (Phi) is 4.54. The zero-order chi connectivity index (χ0) is 14.0. The fourth-order valence-corrected chi connectivity index (χ4v) is 3.02. The Bertz CT molecular complexity index is 547. The Balaban J connectivity index is 2.50. The van der Waals surface area contributed by atoms with Crippen LogP contribution in [-0.4, -0.2) is 0 Å². The molecule has 0 bridgehead atoms. The minimum Gasteiger partial charge on any atom is -0.271 e. The van der Waals surface area contributed by atoms with Gasteiger partial charge in [0.1, 0.15) is 5.82 Å². The summed E-state index contributed by atoms with van der Waals surface area (Å²) in [7, 11) is 0. The van der Waals surface area contributed by atoms with Crippen molar-refractivity contribution in [3.8, 4) is 0 Å². The largest absolute Gasteiger partial charge is 0.271 e. The van der Waals surface area contributed by atoms with E-state index in [4.69, 9.17) is 5.84 Å². The highest BCUT2D eigenvalue weighted by Gasteiger charge is 2.17. The molecule has 3 N–H and O–H groups in total. The van der Waals surface area contributed by atoms with Gasteiger partial charge in [0.15, 0.2) is 0 Å². The van der Waals surface area contributed by atoms with Crippen LogP contribution in [0.25, 0.3) is 0 Å². The SMILES string of the molecule is Cc1ccc(C(NN)c2ccc(F)cc2I)c(C)c1. The lowest BCUT2D eigenvalue weighted by atomic mass is 9.94. The van der Waals surface area contributed by atoms with Gasteiger partial charge in [-0.15, -0.1) is 0 Å². The van der Waals surface area contributed by atoms with E-state index in [1.54, 1.807) is 6.07 Å². The van der Waals surface area contributed by atoms with Crippen molar-refractivity contribution in [2.75, 3.05) is 0 Å². The van der Waals surface area contributed by atoms with Crippen molar-refractivity contribution in [1.29, 1.82) is 0 Å². The van der Waals surface area contributed by atoms with Crippen LogP contribution in [0.15, 0.2) is 36.4 Å². The Morgan fingerprint density at radius 3 is 2.37 bits per heavy atom. The zero-order valence-corrected chi connectivity index (χ0v) is 13.0. The van der Waals surface area contributed by atoms with Crippen LogP contribution in [0.2, 0.25) is 0 Å². The summed E-state index contributed by atoms with van der Waals surface area (Å²) < 4.78 is 14.1. The molecule has 0 aromatic heterocycles. The molecule has 0 radical (unpaired) electrons. The van der Waals surface area contributed by atoms with E-state index < -0.39 is 0 Å². The van der Waals surface area contributed by atoms with Crippen LogP contribution < -0.4 is 11.3 Å². The predicted molar refractivity (Wildman–Crippen MR) is 84.2 cm³/mol. The number of hydrogen-bond acceptors (Lipinski definition) is 2. The monoisotopic (exact) mass is 370 g/mol. The molecule has 100 valence electrons. The van der Waals surface area contributed by atoms with Crippen LogP contribution >= 0.6 is 22.6 Å². The van der Waals surface area contributed by atoms with E-state index in [9.17, 15) is 4.39 Å². The fraction of sp³-hybridized carbons (Fsp3) is 0.200. The molecule has 0 saturated heterocycles. The molecule has 0 aliphatic heterocycles. The van der Waals surface area contributed by atoms with E-state index >= 15 is 0 Å². The standard InChI is InChI=1S/C15H16FIN2/c1-9-3-5-12(10(2)7-9)15(19-18)13-6-4-11(16)8-14(13)17/h3-8,15,19H,18H2,1-2H3. The first-order valence-electron chi connectivity index (χ1n) is 6.01. The molecule has 2 rings (SSSR count). The smallest absolute Gasteiger partial charge is 0.124 e. The summed E-state index contributed by atoms with van der Waals surface area (Å²) >= 11 is 2.13. The Hall–Kier alpha value is -0.980. The summed E-state index contributed by atoms with van der Waals surface area (Å²) in [5.74, 6) is 5.47. The fourth-order valence-electron chi connectivity index (χ4n) is 2.23. The van der Waals surface area contributed by atoms with E-state index in [0.29, 0.717) is 0 Å². The maximum Gasteiger partial charge on any atom is 0.124 e. The number of aryl methyl sites for hydroxylation is 2. The van der Waals surface area contributed by atoms with Crippen molar-refractivity contribution >= 4 is 22.6 Å². The second-order valence-electron chi connectivity index (χ2n) is 4.63. The molecular weight excluding hydrogens is 354 g/mol. The van der Waals surface area contributed by atoms with Crippen molar-refractivity contribution in [3.63, 3.8) is 0 Å². The number of benzene rings is 2. The molecule has 4 heteroatoms. The first-order valence-corrected chi connectivity index (χ1v) is 7.09. The van der Waals surface area contributed by atoms with Gasteiger partial charge in [-0.2, -0.15) is 0 Å². The zero-order valence-electron chi connectivity index (χ0n) is 10.9. The number of hydrogen-bond donors (Lipinski definition) is 2. The van der Waals surface area contributed by atoms with Gasteiger partial charge >= 0.3 is 0 Å². The van der Waals surface area contributed by atoms with E-state index in [0.717, 1.165) is 14.7 Å². The topological polar surface area (TPSA) is 38.0 Å². The maximum absolute atomic E-state index is 13.2. The third kappa shape index (κ3) is 3.13. The Morgan fingerprint density at radius 2 is 1.79 bits per heavy atom. The summed E-state index contributed by atoms with van der Waals surface area (Å²) in [4.78, 5) is 0. The molecule has 0 fully saturated rings. The van der Waals surface area contributed by atoms with E-state index in [-0.39, 0.29) is 11.9 Å². The molecule has 2 aromatic carbocycles. The number of nitrogens with one attached hydrogen (secondary N) is 1. The molecule has 0 amide bonds. The van der Waals surface area contributed by atoms with Crippen molar-refractivity contribution in [3.05, 3.63) is 68.0 Å². The molecule has 2 aromatic rings. The summed E-state index contributed by atoms with van der Waals surface area (Å²) in [6.07, 6.45) is 0. The van der Waals surface area contributed by atoms with Crippen LogP contribution in [0.4, 0.5) is 4.39 Å². The van der Waals surface area contributed by atoms with Crippen LogP contribution in [-0.2, 0) is 0 Å². The van der Waals surface area contributed by atoms with Crippen molar-refractivity contribution in [1.82, 2.24) is 5.43 Å². The predicted octanol–water partition coefficient (Wildman–Crippen LogP) is 3.60. The molecule has 1 unspecified atom stereocenters. The van der Waals surface area contributed by atoms with E-state index in [1.807, 2.05) is 0 Å². The average molecular weight is 370 g/mol. The number of hydrazine groups is 1. The molecular formula is C15H16FIN2. The first-order chi connectivity index (χ1) is 9.02. The van der Waals surface area contributed by atoms with Crippen molar-refractivity contribution in [2.45, 2.75) is 19.9 Å². The second kappa shape index (κ2) is 5.98. The summed E-state index contributed by atoms with van der Waals surface area (Å²) in [5, 5.41) is 0. The Labute approximate surface area is 126 Å². The average Bonchev–Trinajstić information content (AvgIpc) is 2.34. The van der Waals surface area contributed by atoms with Gasteiger partial charge in [0.05, 0.1) is 6.04 Å². The molecule has 2 nitrogen and oxygen atoms in total. The minimum atomic E-state index is -0.232. The van der Waals surface area contributed by atoms with Crippen LogP contribution in [0.1, 0.15) is 28.3 Å². The van der Waals surface area contributed by atoms with Crippen molar-refractivity contribution in [2.24, 2.45) is 5.84 Å². The number of rotatable bonds is 3. The molecule has 0 aliphatic rings. The molecule has 0 spiro atoms. The quantitative estimate of drug-likeness (QED) is 0.492. The third-order valence-corrected chi connectivity index (χ3v) is 4.11. The third-order valence-electron chi connectivity index (χ3n) is 3.18. The van der Waals surface area contributed by atoms with E-state index in [1.165, 1.54) is 23.3 Å². The van der Waals surface area contributed by atoms with Crippen LogP contribution in [0, 0.1) is 23.2 Å². The van der Waals surface area contributed by atoms with Gasteiger partial charge in [-0.05, 0) is 65.3 Å². The van der Waals surface area contributed by atoms with Crippen LogP contribution in [0.5, 0.6) is 0 Å². The van der Waals surface area contributed by atoms with Gasteiger partial charge in [-0.1, -0.05) is 29.8 Å². The molecule has 0 aliphatic carbocycles. The lowest BCUT2D eigenvalue weighted by Crippen LogP contribution is -2.30. The highest BCUT2D eigenvalue weighted by Crippen LogP contribution is 2.28. The summed E-state index contributed by atoms with van der Waals surface area (Å²) in [6.45, 7) is 4.12. The van der Waals surface area contributed by atoms with Gasteiger partial charge in [0, 0.05) is 3.57 Å². The van der Waals surface area contributed by atoms with E-state index in [2.05, 4.69) is 60.1 Å². The van der Waals surface area contributed by atoms with Gasteiger partial charge in [-0.25, -0.2) is 9.82 Å². The second-order valence-corrected chi connectivity index (χ2v) is 5.79. The number of halogens is 2. The van der Waals surface area contributed by atoms with Crippen LogP contribution in [0.3, 0.4) is 0 Å². The molecule has 19 heavy (non-hydrogen) atoms. The lowest BCUT2D eigenvalue weighted by molar-refractivity contribution is 0.611. The normalized spacial score (nSPS) is 12.5. The molecule has 0 heterocycles. The molecule has 1 atom stereocenters. The first kappa shape index (κ1) is 14.4. The summed E-state index contributed by atoms with van der Waals surface area (Å²) in [5.41, 5.74) is 7.30. The highest BCUT2D eigenvalue weighted by molar-refractivity contribution is 14.1. The summed E-state index contributed by atoms with van der Waals surface area (Å²) in [6, 6.07) is 10.9. The maximum atomic E-state index is 13.2. The minimum absolute atomic E-state index is 0.131. The van der Waals surface area contributed by atoms with Gasteiger partial charge in [-0.3, -0.25) is 5.84 Å². The Morgan fingerprint density at radius 1 is 1.11 bits per heavy atom. The highest BCUT2D eigenvalue weighted by atomic mass is 127. The lowest BCUT2D eigenvalue weighted by Gasteiger charge is -2.20. The molecule has 0 saturated carbocycles. The van der Waals surface area contributed by atoms with Gasteiger partial charge < -0.3 is 0 Å². The van der Waals surface area contributed by atoms with Crippen molar-refractivity contribution < 1.29 is 4.39 Å². The number of nitrogens with two attached hydrogens (primary N) is 1.